The van der Waals surface area contributed by atoms with Crippen LogP contribution in [-0.2, 0) is 19.8 Å². The first kappa shape index (κ1) is 13.5. The van der Waals surface area contributed by atoms with Gasteiger partial charge in [0.2, 0.25) is 0 Å². The Morgan fingerprint density at radius 3 is 2.74 bits per heavy atom. The molecule has 5 heteroatoms. The standard InChI is InChI=1S/C14H19N3O2/c1-4-17-12(7-11(3)16-17)9-19-14-6-5-10(2)15-13(14)8-18/h5-7,18H,4,8-9H2,1-3H3. The van der Waals surface area contributed by atoms with Crippen molar-refractivity contribution in [2.24, 2.45) is 0 Å². The third-order valence-corrected chi connectivity index (χ3v) is 2.88. The second-order valence-corrected chi connectivity index (χ2v) is 4.44. The highest BCUT2D eigenvalue weighted by Gasteiger charge is 2.08. The molecule has 5 nitrogen and oxygen atoms in total. The summed E-state index contributed by atoms with van der Waals surface area (Å²) in [6.07, 6.45) is 0. The van der Waals surface area contributed by atoms with Crippen LogP contribution in [0.5, 0.6) is 5.75 Å². The van der Waals surface area contributed by atoms with E-state index in [9.17, 15) is 5.11 Å². The molecule has 102 valence electrons. The van der Waals surface area contributed by atoms with Gasteiger partial charge in [-0.1, -0.05) is 0 Å². The summed E-state index contributed by atoms with van der Waals surface area (Å²) in [5.41, 5.74) is 3.43. The van der Waals surface area contributed by atoms with Gasteiger partial charge in [-0.05, 0) is 39.0 Å². The molecule has 0 spiro atoms. The third-order valence-electron chi connectivity index (χ3n) is 2.88. The number of aryl methyl sites for hydroxylation is 3. The highest BCUT2D eigenvalue weighted by Crippen LogP contribution is 2.18. The SMILES string of the molecule is CCn1nc(C)cc1COc1ccc(C)nc1CO. The Balaban J connectivity index is 2.14. The van der Waals surface area contributed by atoms with E-state index in [2.05, 4.69) is 10.1 Å². The summed E-state index contributed by atoms with van der Waals surface area (Å²) in [5.74, 6) is 0.620. The zero-order chi connectivity index (χ0) is 13.8. The molecule has 0 aliphatic carbocycles. The van der Waals surface area contributed by atoms with Crippen LogP contribution in [0.4, 0.5) is 0 Å². The zero-order valence-electron chi connectivity index (χ0n) is 11.6. The van der Waals surface area contributed by atoms with Crippen molar-refractivity contribution in [3.05, 3.63) is 41.0 Å². The number of aliphatic hydroxyl groups is 1. The van der Waals surface area contributed by atoms with E-state index in [0.717, 1.165) is 23.6 Å². The zero-order valence-corrected chi connectivity index (χ0v) is 11.6. The van der Waals surface area contributed by atoms with E-state index in [4.69, 9.17) is 4.74 Å². The Morgan fingerprint density at radius 1 is 1.26 bits per heavy atom. The van der Waals surface area contributed by atoms with Crippen LogP contribution < -0.4 is 4.74 Å². The van der Waals surface area contributed by atoms with Crippen LogP contribution in [0.25, 0.3) is 0 Å². The lowest BCUT2D eigenvalue weighted by Crippen LogP contribution is -2.07. The van der Waals surface area contributed by atoms with Crippen LogP contribution in [0.2, 0.25) is 0 Å². The molecule has 0 aromatic carbocycles. The van der Waals surface area contributed by atoms with Crippen molar-refractivity contribution in [2.45, 2.75) is 40.5 Å². The maximum Gasteiger partial charge on any atom is 0.143 e. The van der Waals surface area contributed by atoms with Gasteiger partial charge in [-0.15, -0.1) is 0 Å². The van der Waals surface area contributed by atoms with Gasteiger partial charge in [0, 0.05) is 12.2 Å². The first-order chi connectivity index (χ1) is 9.13. The molecule has 0 unspecified atom stereocenters. The van der Waals surface area contributed by atoms with Crippen molar-refractivity contribution in [3.8, 4) is 5.75 Å². The molecule has 0 aliphatic heterocycles. The van der Waals surface area contributed by atoms with Crippen LogP contribution >= 0.6 is 0 Å². The van der Waals surface area contributed by atoms with E-state index in [1.165, 1.54) is 0 Å². The largest absolute Gasteiger partial charge is 0.485 e. The molecule has 0 amide bonds. The molecule has 0 saturated heterocycles. The van der Waals surface area contributed by atoms with E-state index in [0.29, 0.717) is 18.1 Å². The molecule has 2 aromatic rings. The number of hydrogen-bond donors (Lipinski definition) is 1. The second kappa shape index (κ2) is 5.84. The maximum absolute atomic E-state index is 9.28. The Bertz CT molecular complexity index is 564. The molecule has 2 heterocycles. The van der Waals surface area contributed by atoms with Gasteiger partial charge in [-0.25, -0.2) is 0 Å². The van der Waals surface area contributed by atoms with Gasteiger partial charge in [0.1, 0.15) is 18.1 Å². The minimum Gasteiger partial charge on any atom is -0.485 e. The van der Waals surface area contributed by atoms with Crippen molar-refractivity contribution in [3.63, 3.8) is 0 Å². The molecule has 0 atom stereocenters. The number of rotatable bonds is 5. The van der Waals surface area contributed by atoms with Gasteiger partial charge in [0.05, 0.1) is 18.0 Å². The summed E-state index contributed by atoms with van der Waals surface area (Å²) in [6.45, 7) is 7.00. The quantitative estimate of drug-likeness (QED) is 0.894. The van der Waals surface area contributed by atoms with Gasteiger partial charge in [-0.3, -0.25) is 9.67 Å². The van der Waals surface area contributed by atoms with Crippen molar-refractivity contribution in [1.29, 1.82) is 0 Å². The summed E-state index contributed by atoms with van der Waals surface area (Å²) >= 11 is 0. The predicted molar refractivity (Wildman–Crippen MR) is 71.9 cm³/mol. The van der Waals surface area contributed by atoms with Crippen LogP contribution in [0.15, 0.2) is 18.2 Å². The minimum atomic E-state index is -0.122. The molecule has 0 radical (unpaired) electrons. The molecular weight excluding hydrogens is 242 g/mol. The van der Waals surface area contributed by atoms with Crippen molar-refractivity contribution >= 4 is 0 Å². The molecule has 1 N–H and O–H groups in total. The normalized spacial score (nSPS) is 10.7. The molecule has 19 heavy (non-hydrogen) atoms. The summed E-state index contributed by atoms with van der Waals surface area (Å²) in [5, 5.41) is 13.7. The van der Waals surface area contributed by atoms with Gasteiger partial charge >= 0.3 is 0 Å². The van der Waals surface area contributed by atoms with Gasteiger partial charge in [-0.2, -0.15) is 5.10 Å². The van der Waals surface area contributed by atoms with E-state index >= 15 is 0 Å². The topological polar surface area (TPSA) is 60.2 Å². The minimum absolute atomic E-state index is 0.122. The third kappa shape index (κ3) is 3.12. The predicted octanol–water partition coefficient (Wildman–Crippen LogP) is 1.99. The number of nitrogens with zero attached hydrogens (tertiary/aromatic N) is 3. The van der Waals surface area contributed by atoms with E-state index in [-0.39, 0.29) is 6.61 Å². The van der Waals surface area contributed by atoms with Crippen molar-refractivity contribution in [2.75, 3.05) is 0 Å². The summed E-state index contributed by atoms with van der Waals surface area (Å²) < 4.78 is 7.65. The van der Waals surface area contributed by atoms with Gasteiger partial charge in [0.15, 0.2) is 0 Å². The maximum atomic E-state index is 9.28. The Morgan fingerprint density at radius 2 is 2.05 bits per heavy atom. The van der Waals surface area contributed by atoms with Crippen LogP contribution in [0, 0.1) is 13.8 Å². The Hall–Kier alpha value is -1.88. The lowest BCUT2D eigenvalue weighted by molar-refractivity contribution is 0.249. The Labute approximate surface area is 112 Å². The lowest BCUT2D eigenvalue weighted by atomic mass is 10.3. The molecular formula is C14H19N3O2. The summed E-state index contributed by atoms with van der Waals surface area (Å²) in [4.78, 5) is 4.25. The number of pyridine rings is 1. The summed E-state index contributed by atoms with van der Waals surface area (Å²) in [7, 11) is 0. The van der Waals surface area contributed by atoms with E-state index in [1.54, 1.807) is 0 Å². The molecule has 0 saturated carbocycles. The fourth-order valence-electron chi connectivity index (χ4n) is 1.98. The average molecular weight is 261 g/mol. The summed E-state index contributed by atoms with van der Waals surface area (Å²) in [6, 6.07) is 5.72. The second-order valence-electron chi connectivity index (χ2n) is 4.44. The van der Waals surface area contributed by atoms with Crippen LogP contribution in [-0.4, -0.2) is 19.9 Å². The number of aromatic nitrogens is 3. The number of aliphatic hydroxyl groups excluding tert-OH is 1. The first-order valence-electron chi connectivity index (χ1n) is 6.37. The van der Waals surface area contributed by atoms with Gasteiger partial charge < -0.3 is 9.84 Å². The van der Waals surface area contributed by atoms with Crippen molar-refractivity contribution in [1.82, 2.24) is 14.8 Å². The van der Waals surface area contributed by atoms with Gasteiger partial charge in [0.25, 0.3) is 0 Å². The highest BCUT2D eigenvalue weighted by atomic mass is 16.5. The fourth-order valence-corrected chi connectivity index (χ4v) is 1.98. The van der Waals surface area contributed by atoms with Crippen LogP contribution in [0.1, 0.15) is 29.7 Å². The smallest absolute Gasteiger partial charge is 0.143 e. The average Bonchev–Trinajstić information content (AvgIpc) is 2.77. The molecule has 2 aromatic heterocycles. The van der Waals surface area contributed by atoms with E-state index < -0.39 is 0 Å². The molecule has 0 fully saturated rings. The van der Waals surface area contributed by atoms with E-state index in [1.807, 2.05) is 43.7 Å². The first-order valence-corrected chi connectivity index (χ1v) is 6.37. The van der Waals surface area contributed by atoms with Crippen molar-refractivity contribution < 1.29 is 9.84 Å². The number of ether oxygens (including phenoxy) is 1. The lowest BCUT2D eigenvalue weighted by Gasteiger charge is -2.10. The number of hydrogen-bond acceptors (Lipinski definition) is 4. The molecule has 0 aliphatic rings. The monoisotopic (exact) mass is 261 g/mol. The van der Waals surface area contributed by atoms with Crippen LogP contribution in [0.3, 0.4) is 0 Å². The Kier molecular flexibility index (Phi) is 4.16. The molecule has 2 rings (SSSR count). The fraction of sp³-hybridized carbons (Fsp3) is 0.429. The highest BCUT2D eigenvalue weighted by molar-refractivity contribution is 5.29. The molecule has 0 bridgehead atoms.